The zero-order chi connectivity index (χ0) is 10.9. The Morgan fingerprint density at radius 1 is 1.60 bits per heavy atom. The summed E-state index contributed by atoms with van der Waals surface area (Å²) in [7, 11) is 0. The van der Waals surface area contributed by atoms with Crippen molar-refractivity contribution in [1.29, 1.82) is 0 Å². The van der Waals surface area contributed by atoms with Crippen LogP contribution in [-0.4, -0.2) is 20.9 Å². The summed E-state index contributed by atoms with van der Waals surface area (Å²) in [5, 5.41) is 20.2. The Hall–Kier alpha value is -0.740. The maximum absolute atomic E-state index is 10.3. The van der Waals surface area contributed by atoms with Crippen LogP contribution in [0.5, 0.6) is 0 Å². The Morgan fingerprint density at radius 2 is 2.40 bits per heavy atom. The first-order chi connectivity index (χ1) is 7.07. The van der Waals surface area contributed by atoms with Gasteiger partial charge in [0.2, 0.25) is 0 Å². The van der Waals surface area contributed by atoms with Crippen molar-refractivity contribution in [3.05, 3.63) is 22.2 Å². The fourth-order valence-electron chi connectivity index (χ4n) is 1.82. The van der Waals surface area contributed by atoms with Crippen molar-refractivity contribution in [1.82, 2.24) is 10.2 Å². The first-order valence-corrected chi connectivity index (χ1v) is 6.10. The lowest BCUT2D eigenvalue weighted by Gasteiger charge is -2.28. The molecule has 0 saturated carbocycles. The molecule has 0 bridgehead atoms. The van der Waals surface area contributed by atoms with Crippen LogP contribution in [-0.2, 0) is 6.42 Å². The molecular formula is C11H16N2OS. The SMILES string of the molecule is Cc1nnc(CC2(O)C=CC(C)CC2)s1. The van der Waals surface area contributed by atoms with E-state index < -0.39 is 5.60 Å². The fraction of sp³-hybridized carbons (Fsp3) is 0.636. The smallest absolute Gasteiger partial charge is 0.120 e. The van der Waals surface area contributed by atoms with Gasteiger partial charge in [0.1, 0.15) is 10.0 Å². The molecule has 1 N–H and O–H groups in total. The molecule has 1 aliphatic carbocycles. The minimum atomic E-state index is -0.696. The van der Waals surface area contributed by atoms with Crippen LogP contribution in [0.4, 0.5) is 0 Å². The zero-order valence-corrected chi connectivity index (χ0v) is 9.92. The van der Waals surface area contributed by atoms with Crippen LogP contribution in [0.15, 0.2) is 12.2 Å². The first-order valence-electron chi connectivity index (χ1n) is 5.28. The van der Waals surface area contributed by atoms with Gasteiger partial charge in [-0.05, 0) is 25.7 Å². The van der Waals surface area contributed by atoms with Gasteiger partial charge < -0.3 is 5.11 Å². The van der Waals surface area contributed by atoms with Crippen molar-refractivity contribution in [2.75, 3.05) is 0 Å². The van der Waals surface area contributed by atoms with Crippen molar-refractivity contribution >= 4 is 11.3 Å². The number of aryl methyl sites for hydroxylation is 1. The molecule has 1 aliphatic rings. The molecule has 3 nitrogen and oxygen atoms in total. The molecule has 0 amide bonds. The predicted molar refractivity (Wildman–Crippen MR) is 60.8 cm³/mol. The van der Waals surface area contributed by atoms with Crippen molar-refractivity contribution in [2.24, 2.45) is 5.92 Å². The third-order valence-corrected chi connectivity index (χ3v) is 3.63. The highest BCUT2D eigenvalue weighted by Crippen LogP contribution is 2.29. The number of allylic oxidation sites excluding steroid dienone is 1. The second-order valence-electron chi connectivity index (χ2n) is 4.37. The topological polar surface area (TPSA) is 46.0 Å². The van der Waals surface area contributed by atoms with Crippen LogP contribution in [0.3, 0.4) is 0 Å². The molecule has 1 aromatic rings. The highest BCUT2D eigenvalue weighted by atomic mass is 32.1. The van der Waals surface area contributed by atoms with Crippen LogP contribution in [0.1, 0.15) is 29.8 Å². The molecule has 1 aromatic heterocycles. The summed E-state index contributed by atoms with van der Waals surface area (Å²) in [6.07, 6.45) is 6.49. The standard InChI is InChI=1S/C11H16N2OS/c1-8-3-5-11(14,6-4-8)7-10-13-12-9(2)15-10/h3,5,8,14H,4,6-7H2,1-2H3. The van der Waals surface area contributed by atoms with Crippen molar-refractivity contribution in [3.63, 3.8) is 0 Å². The monoisotopic (exact) mass is 224 g/mol. The van der Waals surface area contributed by atoms with Gasteiger partial charge in [0.15, 0.2) is 0 Å². The normalized spacial score (nSPS) is 30.7. The molecule has 2 atom stereocenters. The molecule has 0 aliphatic heterocycles. The van der Waals surface area contributed by atoms with E-state index in [1.807, 2.05) is 13.0 Å². The van der Waals surface area contributed by atoms with Crippen molar-refractivity contribution < 1.29 is 5.11 Å². The quantitative estimate of drug-likeness (QED) is 0.783. The largest absolute Gasteiger partial charge is 0.385 e. The molecule has 0 saturated heterocycles. The highest BCUT2D eigenvalue weighted by molar-refractivity contribution is 7.11. The van der Waals surface area contributed by atoms with Crippen LogP contribution in [0.2, 0.25) is 0 Å². The summed E-state index contributed by atoms with van der Waals surface area (Å²) in [4.78, 5) is 0. The highest BCUT2D eigenvalue weighted by Gasteiger charge is 2.28. The van der Waals surface area contributed by atoms with Crippen LogP contribution in [0, 0.1) is 12.8 Å². The van der Waals surface area contributed by atoms with Gasteiger partial charge in [-0.25, -0.2) is 0 Å². The minimum absolute atomic E-state index is 0.585. The van der Waals surface area contributed by atoms with Gasteiger partial charge in [0, 0.05) is 6.42 Å². The third kappa shape index (κ3) is 2.63. The molecule has 0 aromatic carbocycles. The maximum Gasteiger partial charge on any atom is 0.120 e. The van der Waals surface area contributed by atoms with Gasteiger partial charge in [0.25, 0.3) is 0 Å². The summed E-state index contributed by atoms with van der Waals surface area (Å²) in [5.74, 6) is 0.585. The Bertz CT molecular complexity index is 374. The Kier molecular flexibility index (Phi) is 2.89. The van der Waals surface area contributed by atoms with E-state index in [0.29, 0.717) is 12.3 Å². The molecular weight excluding hydrogens is 208 g/mol. The Morgan fingerprint density at radius 3 is 2.93 bits per heavy atom. The van der Waals surface area contributed by atoms with E-state index in [0.717, 1.165) is 22.9 Å². The molecule has 0 spiro atoms. The van der Waals surface area contributed by atoms with Gasteiger partial charge in [-0.3, -0.25) is 0 Å². The van der Waals surface area contributed by atoms with Gasteiger partial charge in [-0.2, -0.15) is 0 Å². The summed E-state index contributed by atoms with van der Waals surface area (Å²) < 4.78 is 0. The zero-order valence-electron chi connectivity index (χ0n) is 9.10. The summed E-state index contributed by atoms with van der Waals surface area (Å²) in [6.45, 7) is 4.11. The van der Waals surface area contributed by atoms with Gasteiger partial charge >= 0.3 is 0 Å². The average Bonchev–Trinajstić information content (AvgIpc) is 2.57. The molecule has 2 unspecified atom stereocenters. The summed E-state index contributed by atoms with van der Waals surface area (Å²) in [6, 6.07) is 0. The first kappa shape index (κ1) is 10.8. The fourth-order valence-corrected chi connectivity index (χ4v) is 2.65. The van der Waals surface area contributed by atoms with Crippen LogP contribution < -0.4 is 0 Å². The second kappa shape index (κ2) is 4.02. The van der Waals surface area contributed by atoms with E-state index in [4.69, 9.17) is 0 Å². The van der Waals surface area contributed by atoms with Crippen molar-refractivity contribution in [3.8, 4) is 0 Å². The minimum Gasteiger partial charge on any atom is -0.385 e. The predicted octanol–water partition coefficient (Wildman–Crippen LogP) is 2.11. The molecule has 4 heteroatoms. The third-order valence-electron chi connectivity index (χ3n) is 2.79. The number of rotatable bonds is 2. The van der Waals surface area contributed by atoms with E-state index in [9.17, 15) is 5.11 Å². The molecule has 0 radical (unpaired) electrons. The average molecular weight is 224 g/mol. The molecule has 82 valence electrons. The lowest BCUT2D eigenvalue weighted by molar-refractivity contribution is 0.0698. The number of nitrogens with zero attached hydrogens (tertiary/aromatic N) is 2. The van der Waals surface area contributed by atoms with E-state index in [2.05, 4.69) is 23.2 Å². The summed E-state index contributed by atoms with van der Waals surface area (Å²) >= 11 is 1.56. The van der Waals surface area contributed by atoms with E-state index in [1.54, 1.807) is 11.3 Å². The van der Waals surface area contributed by atoms with E-state index in [1.165, 1.54) is 0 Å². The number of hydrogen-bond donors (Lipinski definition) is 1. The Labute approximate surface area is 93.9 Å². The van der Waals surface area contributed by atoms with E-state index >= 15 is 0 Å². The summed E-state index contributed by atoms with van der Waals surface area (Å²) in [5.41, 5.74) is -0.696. The molecule has 2 rings (SSSR count). The lowest BCUT2D eigenvalue weighted by Crippen LogP contribution is -2.31. The maximum atomic E-state index is 10.3. The number of hydrogen-bond acceptors (Lipinski definition) is 4. The second-order valence-corrected chi connectivity index (χ2v) is 5.64. The van der Waals surface area contributed by atoms with Crippen LogP contribution in [0.25, 0.3) is 0 Å². The van der Waals surface area contributed by atoms with Crippen molar-refractivity contribution in [2.45, 2.75) is 38.7 Å². The van der Waals surface area contributed by atoms with Gasteiger partial charge in [-0.1, -0.05) is 19.1 Å². The molecule has 15 heavy (non-hydrogen) atoms. The number of aliphatic hydroxyl groups is 1. The molecule has 1 heterocycles. The number of aromatic nitrogens is 2. The van der Waals surface area contributed by atoms with Gasteiger partial charge in [-0.15, -0.1) is 21.5 Å². The van der Waals surface area contributed by atoms with Crippen LogP contribution >= 0.6 is 11.3 Å². The van der Waals surface area contributed by atoms with E-state index in [-0.39, 0.29) is 0 Å². The molecule has 0 fully saturated rings. The lowest BCUT2D eigenvalue weighted by atomic mass is 9.84. The van der Waals surface area contributed by atoms with Gasteiger partial charge in [0.05, 0.1) is 5.60 Å². The Balaban J connectivity index is 2.08.